The van der Waals surface area contributed by atoms with Crippen molar-refractivity contribution in [3.05, 3.63) is 0 Å². The zero-order chi connectivity index (χ0) is 13.3. The number of hydrogen-bond acceptors (Lipinski definition) is 4. The zero-order valence-electron chi connectivity index (χ0n) is 12.7. The van der Waals surface area contributed by atoms with Crippen molar-refractivity contribution in [2.24, 2.45) is 0 Å². The molecule has 0 aromatic heterocycles. The fourth-order valence-corrected chi connectivity index (χ4v) is 7.62. The summed E-state index contributed by atoms with van der Waals surface area (Å²) in [7, 11) is 2.69. The van der Waals surface area contributed by atoms with E-state index in [2.05, 4.69) is 67.8 Å². The molecule has 0 aromatic rings. The molecule has 0 unspecified atom stereocenters. The summed E-state index contributed by atoms with van der Waals surface area (Å²) < 4.78 is 7.75. The van der Waals surface area contributed by atoms with Gasteiger partial charge < -0.3 is 0 Å². The van der Waals surface area contributed by atoms with E-state index in [1.165, 1.54) is 13.1 Å². The average Bonchev–Trinajstić information content (AvgIpc) is 2.47. The quantitative estimate of drug-likeness (QED) is 0.782. The normalized spacial score (nSPS) is 24.5. The second-order valence-corrected chi connectivity index (χ2v) is 9.71. The minimum atomic E-state index is -1.85. The molecule has 1 N–H and O–H groups in total. The summed E-state index contributed by atoms with van der Waals surface area (Å²) in [6.07, 6.45) is 0. The van der Waals surface area contributed by atoms with Crippen molar-refractivity contribution >= 4 is 7.87 Å². The van der Waals surface area contributed by atoms with E-state index in [-0.39, 0.29) is 5.54 Å². The van der Waals surface area contributed by atoms with E-state index in [9.17, 15) is 0 Å². The Hall–Kier alpha value is 0.270. The first kappa shape index (κ1) is 15.3. The topological polar surface area (TPSA) is 21.8 Å². The van der Waals surface area contributed by atoms with Crippen LogP contribution in [0.3, 0.4) is 0 Å². The van der Waals surface area contributed by atoms with Gasteiger partial charge in [-0.05, 0) is 0 Å². The summed E-state index contributed by atoms with van der Waals surface area (Å²) in [6, 6.07) is 0. The van der Waals surface area contributed by atoms with Crippen LogP contribution in [0.2, 0.25) is 0 Å². The third-order valence-corrected chi connectivity index (χ3v) is 8.76. The third-order valence-electron chi connectivity index (χ3n) is 3.58. The van der Waals surface area contributed by atoms with Crippen LogP contribution in [0.25, 0.3) is 0 Å². The molecule has 1 heterocycles. The number of rotatable bonds is 4. The molecule has 0 atom stereocenters. The zero-order valence-corrected chi connectivity index (χ0v) is 13.7. The SMILES string of the molecule is CCN(CC)[PH]1(NC(C)(C)C)N(C)CCN1C. The van der Waals surface area contributed by atoms with Crippen LogP contribution in [0, 0.1) is 0 Å². The second-order valence-electron chi connectivity index (χ2n) is 6.03. The summed E-state index contributed by atoms with van der Waals surface area (Å²) in [5.74, 6) is 0. The van der Waals surface area contributed by atoms with Gasteiger partial charge in [-0.2, -0.15) is 0 Å². The Balaban J connectivity index is 3.07. The Bertz CT molecular complexity index is 237. The van der Waals surface area contributed by atoms with E-state index in [1.54, 1.807) is 0 Å². The van der Waals surface area contributed by atoms with Gasteiger partial charge in [-0.1, -0.05) is 0 Å². The molecule has 0 spiro atoms. The maximum absolute atomic E-state index is 3.95. The number of hydrogen-bond donors (Lipinski definition) is 1. The van der Waals surface area contributed by atoms with E-state index >= 15 is 0 Å². The molecule has 1 aliphatic heterocycles. The van der Waals surface area contributed by atoms with Gasteiger partial charge in [0.2, 0.25) is 0 Å². The molecule has 0 saturated carbocycles. The molecule has 17 heavy (non-hydrogen) atoms. The average molecular weight is 262 g/mol. The molecule has 1 fully saturated rings. The van der Waals surface area contributed by atoms with Gasteiger partial charge in [-0.3, -0.25) is 0 Å². The summed E-state index contributed by atoms with van der Waals surface area (Å²) in [4.78, 5) is 0. The van der Waals surface area contributed by atoms with Crippen molar-refractivity contribution in [3.8, 4) is 0 Å². The molecule has 1 rings (SSSR count). The monoisotopic (exact) mass is 262 g/mol. The predicted octanol–water partition coefficient (Wildman–Crippen LogP) is 2.00. The van der Waals surface area contributed by atoms with Gasteiger partial charge in [0.15, 0.2) is 0 Å². The van der Waals surface area contributed by atoms with Crippen molar-refractivity contribution in [1.82, 2.24) is 19.1 Å². The Morgan fingerprint density at radius 2 is 1.47 bits per heavy atom. The van der Waals surface area contributed by atoms with E-state index < -0.39 is 7.87 Å². The van der Waals surface area contributed by atoms with Gasteiger partial charge in [0, 0.05) is 0 Å². The van der Waals surface area contributed by atoms with E-state index in [1.807, 2.05) is 0 Å². The van der Waals surface area contributed by atoms with Gasteiger partial charge in [-0.15, -0.1) is 0 Å². The van der Waals surface area contributed by atoms with Gasteiger partial charge in [-0.25, -0.2) is 0 Å². The molecule has 0 radical (unpaired) electrons. The van der Waals surface area contributed by atoms with Crippen LogP contribution >= 0.6 is 7.87 Å². The molecule has 1 saturated heterocycles. The molecule has 104 valence electrons. The van der Waals surface area contributed by atoms with Crippen molar-refractivity contribution in [2.45, 2.75) is 40.2 Å². The molecule has 0 amide bonds. The number of nitrogens with zero attached hydrogens (tertiary/aromatic N) is 3. The van der Waals surface area contributed by atoms with Gasteiger partial charge in [0.25, 0.3) is 0 Å². The molecular formula is C12H31N4P. The van der Waals surface area contributed by atoms with Crippen molar-refractivity contribution in [2.75, 3.05) is 40.3 Å². The fraction of sp³-hybridized carbons (Fsp3) is 1.00. The molecule has 0 aromatic carbocycles. The first-order valence-corrected chi connectivity index (χ1v) is 8.59. The summed E-state index contributed by atoms with van der Waals surface area (Å²) in [6.45, 7) is 15.9. The van der Waals surface area contributed by atoms with Gasteiger partial charge in [0.1, 0.15) is 0 Å². The molecule has 4 nitrogen and oxygen atoms in total. The van der Waals surface area contributed by atoms with Crippen LogP contribution in [-0.2, 0) is 0 Å². The predicted molar refractivity (Wildman–Crippen MR) is 79.4 cm³/mol. The van der Waals surface area contributed by atoms with Crippen LogP contribution in [0.5, 0.6) is 0 Å². The van der Waals surface area contributed by atoms with Crippen LogP contribution in [0.15, 0.2) is 0 Å². The van der Waals surface area contributed by atoms with Crippen molar-refractivity contribution in [3.63, 3.8) is 0 Å². The Labute approximate surface area is 108 Å². The van der Waals surface area contributed by atoms with Crippen LogP contribution in [0.1, 0.15) is 34.6 Å². The first-order chi connectivity index (χ1) is 7.78. The van der Waals surface area contributed by atoms with Crippen LogP contribution in [-0.4, -0.2) is 59.8 Å². The third kappa shape index (κ3) is 2.99. The van der Waals surface area contributed by atoms with Crippen molar-refractivity contribution in [1.29, 1.82) is 0 Å². The first-order valence-electron chi connectivity index (χ1n) is 6.74. The van der Waals surface area contributed by atoms with Gasteiger partial charge >= 0.3 is 107 Å². The van der Waals surface area contributed by atoms with Crippen molar-refractivity contribution < 1.29 is 0 Å². The summed E-state index contributed by atoms with van der Waals surface area (Å²) in [5, 5.41) is 3.95. The Morgan fingerprint density at radius 1 is 1.06 bits per heavy atom. The molecule has 1 aliphatic rings. The van der Waals surface area contributed by atoms with Crippen LogP contribution in [0.4, 0.5) is 0 Å². The molecule has 0 bridgehead atoms. The second kappa shape index (κ2) is 5.50. The fourth-order valence-electron chi connectivity index (χ4n) is 2.82. The summed E-state index contributed by atoms with van der Waals surface area (Å²) in [5.41, 5.74) is 0.154. The number of likely N-dealkylation sites (N-methyl/N-ethyl adjacent to an activating group) is 2. The minimum absolute atomic E-state index is 0.154. The maximum atomic E-state index is 3.95. The van der Waals surface area contributed by atoms with Gasteiger partial charge in [0.05, 0.1) is 0 Å². The standard InChI is InChI=1S/C12H31N4P/c1-8-16(9-2)17(13-12(3,4)5)14(6)10-11-15(17)7/h13,17H,8-11H2,1-7H3. The van der Waals surface area contributed by atoms with E-state index in [0.29, 0.717) is 0 Å². The van der Waals surface area contributed by atoms with Crippen LogP contribution < -0.4 is 5.09 Å². The molecular weight excluding hydrogens is 231 g/mol. The molecule has 5 heteroatoms. The van der Waals surface area contributed by atoms with E-state index in [0.717, 1.165) is 13.1 Å². The number of nitrogens with one attached hydrogen (secondary N) is 1. The van der Waals surface area contributed by atoms with E-state index in [4.69, 9.17) is 0 Å². The summed E-state index contributed by atoms with van der Waals surface area (Å²) >= 11 is 0. The Morgan fingerprint density at radius 3 is 1.76 bits per heavy atom. The molecule has 0 aliphatic carbocycles. The Kier molecular flexibility index (Phi) is 4.96.